The molecule has 4 nitrogen and oxygen atoms in total. The van der Waals surface area contributed by atoms with Gasteiger partial charge >= 0.3 is 5.97 Å². The van der Waals surface area contributed by atoms with E-state index in [1.54, 1.807) is 11.6 Å². The summed E-state index contributed by atoms with van der Waals surface area (Å²) in [5, 5.41) is 10.2. The molecule has 0 saturated carbocycles. The molecule has 0 aliphatic heterocycles. The summed E-state index contributed by atoms with van der Waals surface area (Å²) in [7, 11) is 0. The number of hydrogen-bond donors (Lipinski definition) is 1. The molecule has 0 aliphatic rings. The number of rotatable bonds is 2. The lowest BCUT2D eigenvalue weighted by Gasteiger charge is -1.91. The monoisotopic (exact) mass is 246 g/mol. The van der Waals surface area contributed by atoms with Crippen LogP contribution in [-0.2, 0) is 4.79 Å². The standard InChI is InChI=1S/C8H4ClFN2O2S/c9-6-5(3-4(10)7(13)14)12-1-2-15-8(12)11-6/h1-3H,(H,13,14). The van der Waals surface area contributed by atoms with Crippen molar-refractivity contribution >= 4 is 39.9 Å². The Labute approximate surface area is 92.2 Å². The van der Waals surface area contributed by atoms with Crippen LogP contribution in [0.1, 0.15) is 5.69 Å². The zero-order chi connectivity index (χ0) is 11.0. The summed E-state index contributed by atoms with van der Waals surface area (Å²) < 4.78 is 14.4. The molecule has 0 radical (unpaired) electrons. The normalized spacial score (nSPS) is 12.3. The molecule has 78 valence electrons. The van der Waals surface area contributed by atoms with E-state index in [0.717, 1.165) is 6.08 Å². The van der Waals surface area contributed by atoms with E-state index >= 15 is 0 Å². The van der Waals surface area contributed by atoms with Crippen molar-refractivity contribution in [2.24, 2.45) is 0 Å². The molecule has 1 N–H and O–H groups in total. The summed E-state index contributed by atoms with van der Waals surface area (Å²) in [6.07, 6.45) is 2.48. The molecule has 0 aromatic carbocycles. The maximum atomic E-state index is 12.9. The third kappa shape index (κ3) is 1.73. The number of aliphatic carboxylic acids is 1. The number of nitrogens with zero attached hydrogens (tertiary/aromatic N) is 2. The topological polar surface area (TPSA) is 54.6 Å². The van der Waals surface area contributed by atoms with Gasteiger partial charge in [0.2, 0.25) is 5.83 Å². The summed E-state index contributed by atoms with van der Waals surface area (Å²) in [6, 6.07) is 0. The zero-order valence-corrected chi connectivity index (χ0v) is 8.72. The van der Waals surface area contributed by atoms with Gasteiger partial charge in [-0.1, -0.05) is 11.6 Å². The van der Waals surface area contributed by atoms with Gasteiger partial charge in [0.25, 0.3) is 0 Å². The van der Waals surface area contributed by atoms with Crippen molar-refractivity contribution in [3.8, 4) is 0 Å². The Bertz CT molecular complexity index is 560. The van der Waals surface area contributed by atoms with E-state index in [1.165, 1.54) is 15.7 Å². The van der Waals surface area contributed by atoms with Gasteiger partial charge in [-0.05, 0) is 0 Å². The first-order valence-electron chi connectivity index (χ1n) is 3.81. The Morgan fingerprint density at radius 3 is 3.13 bits per heavy atom. The summed E-state index contributed by atoms with van der Waals surface area (Å²) >= 11 is 7.05. The molecule has 0 aliphatic carbocycles. The van der Waals surface area contributed by atoms with Gasteiger partial charge < -0.3 is 5.11 Å². The molecule has 0 saturated heterocycles. The fourth-order valence-electron chi connectivity index (χ4n) is 1.09. The van der Waals surface area contributed by atoms with Crippen LogP contribution in [0.4, 0.5) is 4.39 Å². The van der Waals surface area contributed by atoms with E-state index in [2.05, 4.69) is 4.98 Å². The third-order valence-electron chi connectivity index (χ3n) is 1.72. The van der Waals surface area contributed by atoms with Crippen LogP contribution in [0.3, 0.4) is 0 Å². The molecule has 2 rings (SSSR count). The van der Waals surface area contributed by atoms with Gasteiger partial charge in [-0.2, -0.15) is 4.39 Å². The number of imidazole rings is 1. The Morgan fingerprint density at radius 2 is 2.47 bits per heavy atom. The molecule has 0 amide bonds. The van der Waals surface area contributed by atoms with Crippen molar-refractivity contribution in [2.75, 3.05) is 0 Å². The van der Waals surface area contributed by atoms with Gasteiger partial charge in [-0.25, -0.2) is 9.78 Å². The highest BCUT2D eigenvalue weighted by Gasteiger charge is 2.13. The second-order valence-corrected chi connectivity index (χ2v) is 3.87. The molecule has 0 bridgehead atoms. The summed E-state index contributed by atoms with van der Waals surface area (Å²) in [4.78, 5) is 14.8. The summed E-state index contributed by atoms with van der Waals surface area (Å²) in [5.74, 6) is -2.90. The van der Waals surface area contributed by atoms with Crippen LogP contribution in [0.2, 0.25) is 5.15 Å². The lowest BCUT2D eigenvalue weighted by molar-refractivity contribution is -0.134. The van der Waals surface area contributed by atoms with Crippen LogP contribution in [-0.4, -0.2) is 20.5 Å². The molecular formula is C8H4ClFN2O2S. The second kappa shape index (κ2) is 3.63. The summed E-state index contributed by atoms with van der Waals surface area (Å²) in [5.41, 5.74) is 0.229. The lowest BCUT2D eigenvalue weighted by atomic mass is 10.4. The maximum Gasteiger partial charge on any atom is 0.364 e. The number of thiazole rings is 1. The first-order chi connectivity index (χ1) is 7.09. The van der Waals surface area contributed by atoms with E-state index in [0.29, 0.717) is 4.96 Å². The average molecular weight is 247 g/mol. The Hall–Kier alpha value is -1.40. The SMILES string of the molecule is O=C(O)C(F)=Cc1c(Cl)nc2sccn12. The van der Waals surface area contributed by atoms with Crippen LogP contribution in [0, 0.1) is 0 Å². The van der Waals surface area contributed by atoms with Crippen molar-refractivity contribution in [1.29, 1.82) is 0 Å². The smallest absolute Gasteiger partial charge is 0.364 e. The zero-order valence-electron chi connectivity index (χ0n) is 7.15. The third-order valence-corrected chi connectivity index (χ3v) is 2.76. The molecule has 0 atom stereocenters. The van der Waals surface area contributed by atoms with Crippen molar-refractivity contribution in [3.63, 3.8) is 0 Å². The molecular weight excluding hydrogens is 243 g/mol. The second-order valence-electron chi connectivity index (χ2n) is 2.64. The largest absolute Gasteiger partial charge is 0.476 e. The minimum Gasteiger partial charge on any atom is -0.476 e. The predicted molar refractivity (Wildman–Crippen MR) is 54.8 cm³/mol. The van der Waals surface area contributed by atoms with Gasteiger partial charge in [0.1, 0.15) is 0 Å². The number of carboxylic acids is 1. The fourth-order valence-corrected chi connectivity index (χ4v) is 2.08. The molecule has 2 heterocycles. The molecule has 7 heteroatoms. The predicted octanol–water partition coefficient (Wildman–Crippen LogP) is 2.44. The highest BCUT2D eigenvalue weighted by molar-refractivity contribution is 7.15. The number of fused-ring (bicyclic) bond motifs is 1. The van der Waals surface area contributed by atoms with Gasteiger partial charge in [-0.3, -0.25) is 4.40 Å². The molecule has 2 aromatic rings. The van der Waals surface area contributed by atoms with Gasteiger partial charge in [-0.15, -0.1) is 11.3 Å². The van der Waals surface area contributed by atoms with Gasteiger partial charge in [0, 0.05) is 17.7 Å². The Kier molecular flexibility index (Phi) is 2.45. The molecule has 0 unspecified atom stereocenters. The minimum absolute atomic E-state index is 0.0817. The van der Waals surface area contributed by atoms with Crippen LogP contribution >= 0.6 is 22.9 Å². The Morgan fingerprint density at radius 1 is 1.73 bits per heavy atom. The van der Waals surface area contributed by atoms with E-state index in [1.807, 2.05) is 0 Å². The number of hydrogen-bond acceptors (Lipinski definition) is 3. The quantitative estimate of drug-likeness (QED) is 0.828. The maximum absolute atomic E-state index is 12.9. The van der Waals surface area contributed by atoms with Crippen LogP contribution in [0.25, 0.3) is 11.0 Å². The van der Waals surface area contributed by atoms with Crippen LogP contribution in [0.15, 0.2) is 17.4 Å². The van der Waals surface area contributed by atoms with E-state index in [-0.39, 0.29) is 10.8 Å². The van der Waals surface area contributed by atoms with Crippen molar-refractivity contribution < 1.29 is 14.3 Å². The van der Waals surface area contributed by atoms with Crippen LogP contribution in [0.5, 0.6) is 0 Å². The number of aromatic nitrogens is 2. The van der Waals surface area contributed by atoms with E-state index in [4.69, 9.17) is 16.7 Å². The highest BCUT2D eigenvalue weighted by atomic mass is 35.5. The highest BCUT2D eigenvalue weighted by Crippen LogP contribution is 2.23. The van der Waals surface area contributed by atoms with E-state index in [9.17, 15) is 9.18 Å². The van der Waals surface area contributed by atoms with Gasteiger partial charge in [0.15, 0.2) is 10.1 Å². The molecule has 2 aromatic heterocycles. The Balaban J connectivity index is 2.60. The van der Waals surface area contributed by atoms with Gasteiger partial charge in [0.05, 0.1) is 5.69 Å². The molecule has 0 spiro atoms. The first kappa shape index (κ1) is 10.1. The lowest BCUT2D eigenvalue weighted by Crippen LogP contribution is -1.95. The number of carboxylic acid groups (broad SMARTS) is 1. The van der Waals surface area contributed by atoms with Crippen molar-refractivity contribution in [2.45, 2.75) is 0 Å². The average Bonchev–Trinajstić information content (AvgIpc) is 2.69. The molecule has 15 heavy (non-hydrogen) atoms. The van der Waals surface area contributed by atoms with Crippen LogP contribution < -0.4 is 0 Å². The van der Waals surface area contributed by atoms with Crippen molar-refractivity contribution in [1.82, 2.24) is 9.38 Å². The summed E-state index contributed by atoms with van der Waals surface area (Å²) in [6.45, 7) is 0. The number of carbonyl (C=O) groups is 1. The number of halogens is 2. The first-order valence-corrected chi connectivity index (χ1v) is 5.07. The molecule has 0 fully saturated rings. The van der Waals surface area contributed by atoms with E-state index < -0.39 is 11.8 Å². The van der Waals surface area contributed by atoms with Crippen molar-refractivity contribution in [3.05, 3.63) is 28.3 Å². The fraction of sp³-hybridized carbons (Fsp3) is 0. The minimum atomic E-state index is -1.63.